The molecule has 3 aliphatic rings. The highest BCUT2D eigenvalue weighted by Gasteiger charge is 2.59. The first kappa shape index (κ1) is 18.3. The van der Waals surface area contributed by atoms with E-state index in [1.807, 2.05) is 42.5 Å². The number of sulfonamides is 2. The molecule has 2 fully saturated rings. The van der Waals surface area contributed by atoms with E-state index in [9.17, 15) is 16.8 Å². The van der Waals surface area contributed by atoms with Crippen LogP contribution in [0.5, 0.6) is 0 Å². The first-order chi connectivity index (χ1) is 13.4. The van der Waals surface area contributed by atoms with Gasteiger partial charge in [0.05, 0.1) is 15.7 Å². The fourth-order valence-electron chi connectivity index (χ4n) is 4.52. The van der Waals surface area contributed by atoms with Crippen LogP contribution in [0, 0.1) is 0 Å². The molecule has 2 aliphatic heterocycles. The highest BCUT2D eigenvalue weighted by atomic mass is 32.2. The highest BCUT2D eigenvalue weighted by Crippen LogP contribution is 2.51. The first-order valence-corrected chi connectivity index (χ1v) is 12.5. The van der Waals surface area contributed by atoms with Gasteiger partial charge in [0, 0.05) is 19.6 Å². The Morgan fingerprint density at radius 3 is 2.39 bits per heavy atom. The van der Waals surface area contributed by atoms with Crippen LogP contribution in [0.2, 0.25) is 0 Å². The van der Waals surface area contributed by atoms with E-state index in [1.54, 1.807) is 12.1 Å². The van der Waals surface area contributed by atoms with Crippen LogP contribution in [0.15, 0.2) is 59.5 Å². The summed E-state index contributed by atoms with van der Waals surface area (Å²) >= 11 is 0. The van der Waals surface area contributed by atoms with E-state index in [-0.39, 0.29) is 18.3 Å². The molecule has 8 heteroatoms. The van der Waals surface area contributed by atoms with Crippen LogP contribution in [-0.2, 0) is 32.1 Å². The van der Waals surface area contributed by atoms with Crippen LogP contribution < -0.4 is 0 Å². The summed E-state index contributed by atoms with van der Waals surface area (Å²) in [5.74, 6) is 0. The first-order valence-electron chi connectivity index (χ1n) is 9.51. The Labute approximate surface area is 165 Å². The Hall–Kier alpha value is -1.74. The molecular formula is C20H22N2O4S2. The molecule has 1 saturated heterocycles. The largest absolute Gasteiger partial charge is 0.244 e. The van der Waals surface area contributed by atoms with E-state index >= 15 is 0 Å². The monoisotopic (exact) mass is 418 g/mol. The van der Waals surface area contributed by atoms with Gasteiger partial charge < -0.3 is 0 Å². The minimum Gasteiger partial charge on any atom is -0.212 e. The molecule has 0 amide bonds. The smallest absolute Gasteiger partial charge is 0.212 e. The molecule has 0 aromatic heterocycles. The number of fused-ring (bicyclic) bond motifs is 2. The molecule has 0 radical (unpaired) electrons. The normalized spacial score (nSPS) is 27.3. The molecule has 2 heterocycles. The second-order valence-electron chi connectivity index (χ2n) is 7.85. The fraction of sp³-hybridized carbons (Fsp3) is 0.400. The lowest BCUT2D eigenvalue weighted by molar-refractivity contribution is 0.204. The molecule has 0 bridgehead atoms. The maximum Gasteiger partial charge on any atom is 0.244 e. The van der Waals surface area contributed by atoms with Crippen LogP contribution in [0.3, 0.4) is 0 Å². The van der Waals surface area contributed by atoms with Crippen LogP contribution in [0.4, 0.5) is 0 Å². The van der Waals surface area contributed by atoms with Crippen molar-refractivity contribution in [3.63, 3.8) is 0 Å². The topological polar surface area (TPSA) is 74.8 Å². The molecule has 5 rings (SSSR count). The van der Waals surface area contributed by atoms with Crippen LogP contribution in [0.1, 0.15) is 30.4 Å². The number of hydrogen-bond acceptors (Lipinski definition) is 4. The third-order valence-electron chi connectivity index (χ3n) is 6.12. The molecule has 1 atom stereocenters. The Morgan fingerprint density at radius 1 is 1.00 bits per heavy atom. The molecule has 1 saturated carbocycles. The molecule has 1 spiro atoms. The highest BCUT2D eigenvalue weighted by molar-refractivity contribution is 7.90. The second-order valence-corrected chi connectivity index (χ2v) is 11.9. The number of benzene rings is 2. The van der Waals surface area contributed by atoms with Crippen molar-refractivity contribution in [3.8, 4) is 0 Å². The number of hydrogen-bond donors (Lipinski definition) is 0. The minimum absolute atomic E-state index is 0.189. The van der Waals surface area contributed by atoms with Gasteiger partial charge in [-0.15, -0.1) is 0 Å². The van der Waals surface area contributed by atoms with Gasteiger partial charge in [-0.25, -0.2) is 16.8 Å². The second kappa shape index (κ2) is 6.13. The van der Waals surface area contributed by atoms with Gasteiger partial charge in [0.15, 0.2) is 0 Å². The van der Waals surface area contributed by atoms with Gasteiger partial charge >= 0.3 is 0 Å². The third-order valence-corrected chi connectivity index (χ3v) is 10.4. The van der Waals surface area contributed by atoms with Crippen LogP contribution in [-0.4, -0.2) is 43.8 Å². The fourth-order valence-corrected chi connectivity index (χ4v) is 8.46. The molecule has 1 unspecified atom stereocenters. The molecule has 28 heavy (non-hydrogen) atoms. The van der Waals surface area contributed by atoms with E-state index < -0.39 is 25.6 Å². The average Bonchev–Trinajstić information content (AvgIpc) is 3.43. The summed E-state index contributed by atoms with van der Waals surface area (Å²) in [6.07, 6.45) is 1.88. The van der Waals surface area contributed by atoms with Gasteiger partial charge in [-0.3, -0.25) is 0 Å². The number of nitrogens with zero attached hydrogens (tertiary/aromatic N) is 2. The predicted octanol–water partition coefficient (Wildman–Crippen LogP) is 2.28. The minimum atomic E-state index is -3.70. The summed E-state index contributed by atoms with van der Waals surface area (Å²) in [5, 5.41) is -0.293. The van der Waals surface area contributed by atoms with Crippen molar-refractivity contribution in [2.45, 2.75) is 41.5 Å². The molecule has 2 aromatic rings. The zero-order valence-electron chi connectivity index (χ0n) is 15.4. The van der Waals surface area contributed by atoms with Crippen molar-refractivity contribution in [1.29, 1.82) is 0 Å². The summed E-state index contributed by atoms with van der Waals surface area (Å²) in [7, 11) is -7.05. The van der Waals surface area contributed by atoms with Crippen LogP contribution >= 0.6 is 0 Å². The lowest BCUT2D eigenvalue weighted by Crippen LogP contribution is -2.46. The molecule has 148 valence electrons. The molecule has 2 aromatic carbocycles. The maximum atomic E-state index is 13.4. The van der Waals surface area contributed by atoms with Gasteiger partial charge in [0.2, 0.25) is 20.0 Å². The Bertz CT molecular complexity index is 1130. The summed E-state index contributed by atoms with van der Waals surface area (Å²) in [5.41, 5.74) is 0.772. The Balaban J connectivity index is 1.61. The van der Waals surface area contributed by atoms with Crippen LogP contribution in [0.25, 0.3) is 0 Å². The van der Waals surface area contributed by atoms with E-state index in [2.05, 4.69) is 0 Å². The van der Waals surface area contributed by atoms with Crippen molar-refractivity contribution in [3.05, 3.63) is 65.7 Å². The lowest BCUT2D eigenvalue weighted by atomic mass is 9.88. The third kappa shape index (κ3) is 2.58. The standard InChI is InChI=1S/C20H22N2O4S2/c23-27(24,17-10-11-17)21-13-12-20(15-21)18-8-4-5-9-19(18)28(25,26)22(20)14-16-6-2-1-3-7-16/h1-9,17H,10-15H2. The van der Waals surface area contributed by atoms with E-state index in [1.165, 1.54) is 8.61 Å². The van der Waals surface area contributed by atoms with Gasteiger partial charge in [-0.2, -0.15) is 8.61 Å². The van der Waals surface area contributed by atoms with Crippen molar-refractivity contribution >= 4 is 20.0 Å². The molecule has 6 nitrogen and oxygen atoms in total. The molecule has 1 aliphatic carbocycles. The van der Waals surface area contributed by atoms with Crippen molar-refractivity contribution in [2.75, 3.05) is 13.1 Å². The summed E-state index contributed by atoms with van der Waals surface area (Å²) in [4.78, 5) is 0.302. The predicted molar refractivity (Wildman–Crippen MR) is 105 cm³/mol. The maximum absolute atomic E-state index is 13.4. The average molecular weight is 419 g/mol. The van der Waals surface area contributed by atoms with Gasteiger partial charge in [-0.1, -0.05) is 48.5 Å². The van der Waals surface area contributed by atoms with E-state index in [4.69, 9.17) is 0 Å². The number of rotatable bonds is 4. The van der Waals surface area contributed by atoms with Crippen molar-refractivity contribution < 1.29 is 16.8 Å². The summed E-state index contributed by atoms with van der Waals surface area (Å²) in [6.45, 7) is 0.776. The molecule has 0 N–H and O–H groups in total. The SMILES string of the molecule is O=S1(=O)c2ccccc2C2(CCN(S(=O)(=O)C3CC3)C2)N1Cc1ccccc1. The van der Waals surface area contributed by atoms with E-state index in [0.717, 1.165) is 11.1 Å². The van der Waals surface area contributed by atoms with Gasteiger partial charge in [-0.05, 0) is 36.5 Å². The van der Waals surface area contributed by atoms with Gasteiger partial charge in [0.25, 0.3) is 0 Å². The Morgan fingerprint density at radius 2 is 1.68 bits per heavy atom. The van der Waals surface area contributed by atoms with Gasteiger partial charge in [0.1, 0.15) is 0 Å². The summed E-state index contributed by atoms with van der Waals surface area (Å²) < 4.78 is 55.5. The van der Waals surface area contributed by atoms with Crippen molar-refractivity contribution in [1.82, 2.24) is 8.61 Å². The quantitative estimate of drug-likeness (QED) is 0.764. The zero-order valence-corrected chi connectivity index (χ0v) is 17.0. The summed E-state index contributed by atoms with van der Waals surface area (Å²) in [6, 6.07) is 16.5. The van der Waals surface area contributed by atoms with Crippen molar-refractivity contribution in [2.24, 2.45) is 0 Å². The van der Waals surface area contributed by atoms with E-state index in [0.29, 0.717) is 30.7 Å². The molecular weight excluding hydrogens is 396 g/mol. The lowest BCUT2D eigenvalue weighted by Gasteiger charge is -2.34. The Kier molecular flexibility index (Phi) is 4.00. The zero-order chi connectivity index (χ0) is 19.6.